The highest BCUT2D eigenvalue weighted by Crippen LogP contribution is 2.20. The molecule has 0 radical (unpaired) electrons. The van der Waals surface area contributed by atoms with Crippen molar-refractivity contribution in [3.63, 3.8) is 0 Å². The average molecular weight is 290 g/mol. The van der Waals surface area contributed by atoms with Gasteiger partial charge in [-0.15, -0.1) is 0 Å². The summed E-state index contributed by atoms with van der Waals surface area (Å²) >= 11 is 0. The van der Waals surface area contributed by atoms with Crippen LogP contribution in [0.3, 0.4) is 0 Å². The van der Waals surface area contributed by atoms with E-state index in [2.05, 4.69) is 15.3 Å². The number of nitriles is 1. The van der Waals surface area contributed by atoms with Crippen molar-refractivity contribution in [2.45, 2.75) is 6.54 Å². The van der Waals surface area contributed by atoms with Crippen molar-refractivity contribution < 1.29 is 4.74 Å². The highest BCUT2D eigenvalue weighted by Gasteiger charge is 2.03. The molecule has 108 valence electrons. The molecule has 3 aromatic rings. The number of benzene rings is 2. The van der Waals surface area contributed by atoms with Gasteiger partial charge in [-0.3, -0.25) is 0 Å². The minimum Gasteiger partial charge on any atom is -0.479 e. The summed E-state index contributed by atoms with van der Waals surface area (Å²) in [6, 6.07) is 17.5. The van der Waals surface area contributed by atoms with Crippen molar-refractivity contribution in [3.05, 3.63) is 60.4 Å². The molecule has 2 aromatic carbocycles. The summed E-state index contributed by atoms with van der Waals surface area (Å²) in [4.78, 5) is 8.54. The predicted octanol–water partition coefficient (Wildman–Crippen LogP) is 3.14. The molecule has 5 nitrogen and oxygen atoms in total. The Morgan fingerprint density at radius 2 is 2.00 bits per heavy atom. The summed E-state index contributed by atoms with van der Waals surface area (Å²) < 4.78 is 5.30. The Bertz CT molecular complexity index is 821. The first-order valence-corrected chi connectivity index (χ1v) is 6.89. The number of nitrogens with one attached hydrogen (secondary N) is 1. The van der Waals surface area contributed by atoms with Crippen LogP contribution < -0.4 is 10.1 Å². The highest BCUT2D eigenvalue weighted by atomic mass is 16.5. The lowest BCUT2D eigenvalue weighted by atomic mass is 10.2. The maximum Gasteiger partial charge on any atom is 0.174 e. The van der Waals surface area contributed by atoms with Crippen molar-refractivity contribution in [2.24, 2.45) is 0 Å². The fourth-order valence-corrected chi connectivity index (χ4v) is 2.19. The molecule has 22 heavy (non-hydrogen) atoms. The largest absolute Gasteiger partial charge is 0.479 e. The standard InChI is InChI=1S/C17H14N4O/c18-8-9-22-14-5-3-4-13(10-14)11-19-17-15-6-1-2-7-16(15)20-12-21-17/h1-7,10,12H,9,11H2,(H,19,20,21). The number of fused-ring (bicyclic) bond motifs is 1. The van der Waals surface area contributed by atoms with Crippen molar-refractivity contribution in [3.8, 4) is 11.8 Å². The zero-order chi connectivity index (χ0) is 15.2. The summed E-state index contributed by atoms with van der Waals surface area (Å²) in [6.45, 7) is 0.665. The van der Waals surface area contributed by atoms with Crippen LogP contribution in [0.25, 0.3) is 10.9 Å². The number of aromatic nitrogens is 2. The van der Waals surface area contributed by atoms with Crippen LogP contribution in [-0.4, -0.2) is 16.6 Å². The minimum absolute atomic E-state index is 0.0490. The molecule has 0 aliphatic carbocycles. The lowest BCUT2D eigenvalue weighted by molar-refractivity contribution is 0.368. The fraction of sp³-hybridized carbons (Fsp3) is 0.118. The lowest BCUT2D eigenvalue weighted by Crippen LogP contribution is -2.03. The number of ether oxygens (including phenoxy) is 1. The lowest BCUT2D eigenvalue weighted by Gasteiger charge is -2.09. The normalized spacial score (nSPS) is 10.1. The van der Waals surface area contributed by atoms with Crippen molar-refractivity contribution >= 4 is 16.7 Å². The molecular formula is C17H14N4O. The maximum atomic E-state index is 8.55. The van der Waals surface area contributed by atoms with Crippen LogP contribution in [0.4, 0.5) is 5.82 Å². The number of anilines is 1. The van der Waals surface area contributed by atoms with Gasteiger partial charge < -0.3 is 10.1 Å². The van der Waals surface area contributed by atoms with Crippen LogP contribution in [0, 0.1) is 11.3 Å². The molecule has 0 saturated carbocycles. The number of hydrogen-bond acceptors (Lipinski definition) is 5. The summed E-state index contributed by atoms with van der Waals surface area (Å²) in [5.41, 5.74) is 1.96. The summed E-state index contributed by atoms with van der Waals surface area (Å²) in [6.07, 6.45) is 1.55. The molecule has 0 unspecified atom stereocenters. The predicted molar refractivity (Wildman–Crippen MR) is 84.4 cm³/mol. The molecule has 0 atom stereocenters. The van der Waals surface area contributed by atoms with E-state index in [1.165, 1.54) is 0 Å². The Labute approximate surface area is 128 Å². The zero-order valence-electron chi connectivity index (χ0n) is 11.9. The molecule has 0 saturated heterocycles. The first-order valence-electron chi connectivity index (χ1n) is 6.89. The molecule has 1 aromatic heterocycles. The smallest absolute Gasteiger partial charge is 0.174 e. The second-order valence-corrected chi connectivity index (χ2v) is 4.69. The van der Waals surface area contributed by atoms with E-state index in [-0.39, 0.29) is 6.61 Å². The van der Waals surface area contributed by atoms with Crippen LogP contribution >= 0.6 is 0 Å². The van der Waals surface area contributed by atoms with Gasteiger partial charge in [0.25, 0.3) is 0 Å². The van der Waals surface area contributed by atoms with Crippen LogP contribution in [0.15, 0.2) is 54.9 Å². The minimum atomic E-state index is 0.0490. The summed E-state index contributed by atoms with van der Waals surface area (Å²) in [7, 11) is 0. The van der Waals surface area contributed by atoms with Gasteiger partial charge in [0.2, 0.25) is 0 Å². The second-order valence-electron chi connectivity index (χ2n) is 4.69. The van der Waals surface area contributed by atoms with Gasteiger partial charge in [-0.2, -0.15) is 5.26 Å². The van der Waals surface area contributed by atoms with E-state index in [9.17, 15) is 0 Å². The van der Waals surface area contributed by atoms with Crippen LogP contribution in [0.5, 0.6) is 5.75 Å². The average Bonchev–Trinajstić information content (AvgIpc) is 2.58. The Kier molecular flexibility index (Phi) is 4.12. The maximum absolute atomic E-state index is 8.55. The van der Waals surface area contributed by atoms with Gasteiger partial charge in [-0.1, -0.05) is 24.3 Å². The van der Waals surface area contributed by atoms with Crippen molar-refractivity contribution in [1.29, 1.82) is 5.26 Å². The molecule has 0 amide bonds. The summed E-state index contributed by atoms with van der Waals surface area (Å²) in [5.74, 6) is 1.49. The first-order chi connectivity index (χ1) is 10.9. The van der Waals surface area contributed by atoms with Gasteiger partial charge in [-0.05, 0) is 29.8 Å². The van der Waals surface area contributed by atoms with Crippen molar-refractivity contribution in [2.75, 3.05) is 11.9 Å². The molecule has 1 N–H and O–H groups in total. The number of para-hydroxylation sites is 1. The van der Waals surface area contributed by atoms with E-state index in [0.29, 0.717) is 12.3 Å². The van der Waals surface area contributed by atoms with E-state index in [1.54, 1.807) is 6.33 Å². The Balaban J connectivity index is 1.75. The van der Waals surface area contributed by atoms with E-state index < -0.39 is 0 Å². The van der Waals surface area contributed by atoms with Gasteiger partial charge in [-0.25, -0.2) is 9.97 Å². The molecule has 0 aliphatic rings. The Morgan fingerprint density at radius 1 is 1.09 bits per heavy atom. The third-order valence-electron chi connectivity index (χ3n) is 3.20. The highest BCUT2D eigenvalue weighted by molar-refractivity contribution is 5.88. The van der Waals surface area contributed by atoms with Gasteiger partial charge in [0.05, 0.1) is 5.52 Å². The van der Waals surface area contributed by atoms with E-state index >= 15 is 0 Å². The second kappa shape index (κ2) is 6.55. The van der Waals surface area contributed by atoms with E-state index in [1.807, 2.05) is 54.6 Å². The van der Waals surface area contributed by atoms with Crippen LogP contribution in [0.2, 0.25) is 0 Å². The molecule has 3 rings (SSSR count). The van der Waals surface area contributed by atoms with Gasteiger partial charge in [0.15, 0.2) is 6.61 Å². The first kappa shape index (κ1) is 13.8. The van der Waals surface area contributed by atoms with Crippen LogP contribution in [0.1, 0.15) is 5.56 Å². The number of hydrogen-bond donors (Lipinski definition) is 1. The zero-order valence-corrected chi connectivity index (χ0v) is 11.9. The molecule has 0 bridgehead atoms. The fourth-order valence-electron chi connectivity index (χ4n) is 2.19. The molecule has 5 heteroatoms. The Hall–Kier alpha value is -3.13. The quantitative estimate of drug-likeness (QED) is 0.781. The molecule has 0 aliphatic heterocycles. The molecule has 1 heterocycles. The Morgan fingerprint density at radius 3 is 2.91 bits per heavy atom. The van der Waals surface area contributed by atoms with Gasteiger partial charge in [0.1, 0.15) is 24.0 Å². The molecular weight excluding hydrogens is 276 g/mol. The third-order valence-corrected chi connectivity index (χ3v) is 3.20. The van der Waals surface area contributed by atoms with Crippen molar-refractivity contribution in [1.82, 2.24) is 9.97 Å². The topological polar surface area (TPSA) is 70.8 Å². The number of rotatable bonds is 5. The molecule has 0 fully saturated rings. The monoisotopic (exact) mass is 290 g/mol. The van der Waals surface area contributed by atoms with Gasteiger partial charge >= 0.3 is 0 Å². The van der Waals surface area contributed by atoms with E-state index in [4.69, 9.17) is 10.00 Å². The van der Waals surface area contributed by atoms with Crippen LogP contribution in [-0.2, 0) is 6.54 Å². The third kappa shape index (κ3) is 3.13. The molecule has 0 spiro atoms. The summed E-state index contributed by atoms with van der Waals surface area (Å²) in [5, 5.41) is 12.9. The number of nitrogens with zero attached hydrogens (tertiary/aromatic N) is 3. The van der Waals surface area contributed by atoms with E-state index in [0.717, 1.165) is 22.3 Å². The SMILES string of the molecule is N#CCOc1cccc(CNc2ncnc3ccccc23)c1. The van der Waals surface area contributed by atoms with Gasteiger partial charge in [0, 0.05) is 11.9 Å².